The second kappa shape index (κ2) is 5.62. The molecule has 0 aliphatic carbocycles. The number of halogens is 1. The third kappa shape index (κ3) is 2.91. The summed E-state index contributed by atoms with van der Waals surface area (Å²) in [5, 5.41) is 12.7. The summed E-state index contributed by atoms with van der Waals surface area (Å²) in [4.78, 5) is 13.7. The Morgan fingerprint density at radius 3 is 2.85 bits per heavy atom. The van der Waals surface area contributed by atoms with E-state index in [-0.39, 0.29) is 17.2 Å². The zero-order valence-electron chi connectivity index (χ0n) is 12.1. The van der Waals surface area contributed by atoms with Crippen molar-refractivity contribution in [3.63, 3.8) is 0 Å². The van der Waals surface area contributed by atoms with Crippen molar-refractivity contribution in [2.75, 3.05) is 29.7 Å². The van der Waals surface area contributed by atoms with Gasteiger partial charge in [-0.25, -0.2) is 0 Å². The van der Waals surface area contributed by atoms with E-state index in [0.29, 0.717) is 13.0 Å². The molecule has 1 heterocycles. The molecule has 0 aromatic heterocycles. The third-order valence-electron chi connectivity index (χ3n) is 3.77. The van der Waals surface area contributed by atoms with Crippen LogP contribution in [0.25, 0.3) is 0 Å². The molecule has 1 amide bonds. The van der Waals surface area contributed by atoms with E-state index in [1.807, 2.05) is 12.1 Å². The summed E-state index contributed by atoms with van der Waals surface area (Å²) >= 11 is 5.58. The van der Waals surface area contributed by atoms with Crippen LogP contribution in [0.15, 0.2) is 18.2 Å². The molecular formula is C15H21ClN2O2. The first kappa shape index (κ1) is 15.1. The smallest absolute Gasteiger partial charge is 0.227 e. The van der Waals surface area contributed by atoms with Gasteiger partial charge in [-0.2, -0.15) is 0 Å². The third-order valence-corrected chi connectivity index (χ3v) is 4.13. The van der Waals surface area contributed by atoms with Crippen molar-refractivity contribution in [2.45, 2.75) is 31.8 Å². The molecule has 20 heavy (non-hydrogen) atoms. The lowest BCUT2D eigenvalue weighted by atomic mass is 9.77. The lowest BCUT2D eigenvalue weighted by Gasteiger charge is -2.37. The number of rotatable bonds is 4. The van der Waals surface area contributed by atoms with E-state index in [0.717, 1.165) is 16.9 Å². The normalized spacial score (nSPS) is 18.6. The average Bonchev–Trinajstić information content (AvgIpc) is 2.41. The minimum Gasteiger partial charge on any atom is -0.390 e. The number of hydrogen-bond donors (Lipinski definition) is 2. The van der Waals surface area contributed by atoms with Gasteiger partial charge in [-0.3, -0.25) is 4.79 Å². The fraction of sp³-hybridized carbons (Fsp3) is 0.533. The quantitative estimate of drug-likeness (QED) is 0.839. The number of benzene rings is 1. The molecule has 0 saturated heterocycles. The molecule has 1 unspecified atom stereocenters. The van der Waals surface area contributed by atoms with Gasteiger partial charge in [-0.05, 0) is 23.8 Å². The van der Waals surface area contributed by atoms with Gasteiger partial charge in [0.2, 0.25) is 5.91 Å². The highest BCUT2D eigenvalue weighted by molar-refractivity contribution is 6.18. The molecule has 0 saturated carbocycles. The van der Waals surface area contributed by atoms with Crippen LogP contribution in [0.3, 0.4) is 0 Å². The first-order valence-electron chi connectivity index (χ1n) is 6.74. The van der Waals surface area contributed by atoms with Gasteiger partial charge in [-0.15, -0.1) is 11.6 Å². The Morgan fingerprint density at radius 1 is 1.50 bits per heavy atom. The number of hydrogen-bond acceptors (Lipinski definition) is 3. The predicted octanol–water partition coefficient (Wildman–Crippen LogP) is 2.34. The molecule has 1 aromatic rings. The molecule has 1 aromatic carbocycles. The van der Waals surface area contributed by atoms with Crippen LogP contribution < -0.4 is 10.2 Å². The Kier molecular flexibility index (Phi) is 4.25. The van der Waals surface area contributed by atoms with Crippen molar-refractivity contribution in [3.05, 3.63) is 23.8 Å². The minimum atomic E-state index is -0.565. The van der Waals surface area contributed by atoms with Crippen molar-refractivity contribution >= 4 is 28.9 Å². The SMILES string of the molecule is CN1C(=O)CC(C)(C)c2cc(NCC(O)CCl)ccc21. The van der Waals surface area contributed by atoms with E-state index < -0.39 is 6.10 Å². The number of nitrogens with zero attached hydrogens (tertiary/aromatic N) is 1. The summed E-state index contributed by atoms with van der Waals surface area (Å²) in [6.45, 7) is 4.57. The molecule has 1 aliphatic rings. The van der Waals surface area contributed by atoms with Crippen LogP contribution in [-0.2, 0) is 10.2 Å². The van der Waals surface area contributed by atoms with Crippen LogP contribution in [0, 0.1) is 0 Å². The maximum absolute atomic E-state index is 12.0. The van der Waals surface area contributed by atoms with Gasteiger partial charge in [0.1, 0.15) is 0 Å². The number of amides is 1. The summed E-state index contributed by atoms with van der Waals surface area (Å²) < 4.78 is 0. The molecular weight excluding hydrogens is 276 g/mol. The topological polar surface area (TPSA) is 52.6 Å². The first-order chi connectivity index (χ1) is 9.35. The number of fused-ring (bicyclic) bond motifs is 1. The van der Waals surface area contributed by atoms with Crippen LogP contribution in [0.5, 0.6) is 0 Å². The summed E-state index contributed by atoms with van der Waals surface area (Å²) in [6, 6.07) is 5.92. The highest BCUT2D eigenvalue weighted by atomic mass is 35.5. The number of aliphatic hydroxyl groups excluding tert-OH is 1. The molecule has 1 atom stereocenters. The maximum atomic E-state index is 12.0. The van der Waals surface area contributed by atoms with E-state index in [9.17, 15) is 9.90 Å². The molecule has 2 N–H and O–H groups in total. The van der Waals surface area contributed by atoms with Crippen LogP contribution in [-0.4, -0.2) is 36.6 Å². The minimum absolute atomic E-state index is 0.140. The van der Waals surface area contributed by atoms with Gasteiger partial charge in [0.25, 0.3) is 0 Å². The summed E-state index contributed by atoms with van der Waals surface area (Å²) in [5.74, 6) is 0.349. The number of carbonyl (C=O) groups is 1. The van der Waals surface area contributed by atoms with Crippen molar-refractivity contribution in [2.24, 2.45) is 0 Å². The van der Waals surface area contributed by atoms with Gasteiger partial charge in [0, 0.05) is 36.8 Å². The Morgan fingerprint density at radius 2 is 2.20 bits per heavy atom. The number of anilines is 2. The van der Waals surface area contributed by atoms with E-state index >= 15 is 0 Å². The average molecular weight is 297 g/mol. The summed E-state index contributed by atoms with van der Waals surface area (Å²) in [7, 11) is 1.81. The van der Waals surface area contributed by atoms with Crippen molar-refractivity contribution in [3.8, 4) is 0 Å². The van der Waals surface area contributed by atoms with Crippen molar-refractivity contribution < 1.29 is 9.90 Å². The van der Waals surface area contributed by atoms with Crippen LogP contribution >= 0.6 is 11.6 Å². The fourth-order valence-electron chi connectivity index (χ4n) is 2.50. The zero-order chi connectivity index (χ0) is 14.9. The Labute approximate surface area is 124 Å². The molecule has 2 rings (SSSR count). The van der Waals surface area contributed by atoms with E-state index in [2.05, 4.69) is 25.2 Å². The molecule has 5 heteroatoms. The zero-order valence-corrected chi connectivity index (χ0v) is 12.9. The molecule has 1 aliphatic heterocycles. The fourth-order valence-corrected chi connectivity index (χ4v) is 2.61. The lowest BCUT2D eigenvalue weighted by Crippen LogP contribution is -2.39. The Hall–Kier alpha value is -1.26. The molecule has 0 fully saturated rings. The standard InChI is InChI=1S/C15H21ClN2O2/c1-15(2)7-14(20)18(3)13-5-4-10(6-12(13)15)17-9-11(19)8-16/h4-6,11,17,19H,7-9H2,1-3H3. The van der Waals surface area contributed by atoms with E-state index in [1.165, 1.54) is 0 Å². The van der Waals surface area contributed by atoms with Gasteiger partial charge in [0.05, 0.1) is 12.0 Å². The molecule has 110 valence electrons. The van der Waals surface area contributed by atoms with Gasteiger partial charge < -0.3 is 15.3 Å². The van der Waals surface area contributed by atoms with Gasteiger partial charge >= 0.3 is 0 Å². The monoisotopic (exact) mass is 296 g/mol. The summed E-state index contributed by atoms with van der Waals surface area (Å²) in [5.41, 5.74) is 2.85. The van der Waals surface area contributed by atoms with Gasteiger partial charge in [-0.1, -0.05) is 13.8 Å². The molecule has 0 bridgehead atoms. The molecule has 0 radical (unpaired) electrons. The Balaban J connectivity index is 2.28. The Bertz CT molecular complexity index is 517. The van der Waals surface area contributed by atoms with Crippen LogP contribution in [0.1, 0.15) is 25.8 Å². The summed E-state index contributed by atoms with van der Waals surface area (Å²) in [6.07, 6.45) is -0.0606. The number of aliphatic hydroxyl groups is 1. The van der Waals surface area contributed by atoms with Crippen LogP contribution in [0.2, 0.25) is 0 Å². The molecule has 4 nitrogen and oxygen atoms in total. The van der Waals surface area contributed by atoms with Crippen molar-refractivity contribution in [1.29, 1.82) is 0 Å². The lowest BCUT2D eigenvalue weighted by molar-refractivity contribution is -0.119. The second-order valence-electron chi connectivity index (χ2n) is 5.93. The maximum Gasteiger partial charge on any atom is 0.227 e. The first-order valence-corrected chi connectivity index (χ1v) is 7.27. The molecule has 0 spiro atoms. The van der Waals surface area contributed by atoms with Crippen LogP contribution in [0.4, 0.5) is 11.4 Å². The predicted molar refractivity (Wildman–Crippen MR) is 82.7 cm³/mol. The largest absolute Gasteiger partial charge is 0.390 e. The number of carbonyl (C=O) groups excluding carboxylic acids is 1. The van der Waals surface area contributed by atoms with Gasteiger partial charge in [0.15, 0.2) is 0 Å². The highest BCUT2D eigenvalue weighted by Crippen LogP contribution is 2.40. The van der Waals surface area contributed by atoms with Crippen molar-refractivity contribution in [1.82, 2.24) is 0 Å². The van der Waals surface area contributed by atoms with E-state index in [4.69, 9.17) is 11.6 Å². The van der Waals surface area contributed by atoms with E-state index in [1.54, 1.807) is 11.9 Å². The second-order valence-corrected chi connectivity index (χ2v) is 6.24. The number of nitrogens with one attached hydrogen (secondary N) is 1. The number of alkyl halides is 1. The highest BCUT2D eigenvalue weighted by Gasteiger charge is 2.35.